The first-order valence-electron chi connectivity index (χ1n) is 6.57. The Morgan fingerprint density at radius 2 is 1.94 bits per heavy atom. The maximum atomic E-state index is 5.72. The maximum Gasteiger partial charge on any atom is 0.131 e. The zero-order valence-corrected chi connectivity index (χ0v) is 10.3. The molecule has 4 nitrogen and oxygen atoms in total. The molecule has 3 N–H and O–H groups in total. The normalized spacial score (nSPS) is 19.6. The Morgan fingerprint density at radius 1 is 1.29 bits per heavy atom. The Balaban J connectivity index is 1.61. The van der Waals surface area contributed by atoms with Gasteiger partial charge < -0.3 is 11.1 Å². The smallest absolute Gasteiger partial charge is 0.131 e. The van der Waals surface area contributed by atoms with E-state index in [9.17, 15) is 0 Å². The number of nitrogens with two attached hydrogens (primary N) is 1. The van der Waals surface area contributed by atoms with Crippen molar-refractivity contribution in [2.24, 2.45) is 17.8 Å². The van der Waals surface area contributed by atoms with E-state index in [4.69, 9.17) is 5.73 Å². The molecule has 1 aromatic rings. The lowest BCUT2D eigenvalue weighted by molar-refractivity contribution is 0.427. The van der Waals surface area contributed by atoms with Gasteiger partial charge in [-0.25, -0.2) is 9.97 Å². The molecule has 0 bridgehead atoms. The zero-order chi connectivity index (χ0) is 11.8. The first kappa shape index (κ1) is 10.8. The van der Waals surface area contributed by atoms with Gasteiger partial charge >= 0.3 is 0 Å². The average Bonchev–Trinajstić information content (AvgIpc) is 3.12. The first-order chi connectivity index (χ1) is 8.22. The first-order valence-corrected chi connectivity index (χ1v) is 6.57. The molecule has 1 heterocycles. The standard InChI is InChI=1S/C13H20N4/c1-8-16-12(14)6-13(17-8)15-7-11(9-2-3-9)10-4-5-10/h6,9-11H,2-5,7H2,1H3,(H3,14,15,16,17). The summed E-state index contributed by atoms with van der Waals surface area (Å²) in [7, 11) is 0. The van der Waals surface area contributed by atoms with Crippen molar-refractivity contribution < 1.29 is 0 Å². The molecule has 0 atom stereocenters. The summed E-state index contributed by atoms with van der Waals surface area (Å²) < 4.78 is 0. The van der Waals surface area contributed by atoms with Crippen LogP contribution < -0.4 is 11.1 Å². The molecule has 4 heteroatoms. The lowest BCUT2D eigenvalue weighted by Crippen LogP contribution is -2.19. The van der Waals surface area contributed by atoms with Crippen LogP contribution in [0.4, 0.5) is 11.6 Å². The minimum absolute atomic E-state index is 0.550. The van der Waals surface area contributed by atoms with Crippen molar-refractivity contribution in [2.45, 2.75) is 32.6 Å². The molecule has 0 unspecified atom stereocenters. The van der Waals surface area contributed by atoms with Gasteiger partial charge in [0, 0.05) is 12.6 Å². The summed E-state index contributed by atoms with van der Waals surface area (Å²) in [5.41, 5.74) is 5.72. The van der Waals surface area contributed by atoms with Crippen LogP contribution in [0.3, 0.4) is 0 Å². The number of nitrogens with zero attached hydrogens (tertiary/aromatic N) is 2. The molecule has 92 valence electrons. The van der Waals surface area contributed by atoms with E-state index < -0.39 is 0 Å². The van der Waals surface area contributed by atoms with Crippen LogP contribution in [0, 0.1) is 24.7 Å². The number of rotatable bonds is 5. The van der Waals surface area contributed by atoms with Crippen molar-refractivity contribution in [1.29, 1.82) is 0 Å². The predicted molar refractivity (Wildman–Crippen MR) is 68.6 cm³/mol. The number of aryl methyl sites for hydroxylation is 1. The molecule has 2 aliphatic rings. The molecule has 3 rings (SSSR count). The largest absolute Gasteiger partial charge is 0.384 e. The lowest BCUT2D eigenvalue weighted by atomic mass is 9.98. The minimum Gasteiger partial charge on any atom is -0.384 e. The van der Waals surface area contributed by atoms with E-state index in [1.54, 1.807) is 0 Å². The van der Waals surface area contributed by atoms with Crippen LogP contribution in [0.2, 0.25) is 0 Å². The van der Waals surface area contributed by atoms with Crippen molar-refractivity contribution in [3.05, 3.63) is 11.9 Å². The van der Waals surface area contributed by atoms with Crippen molar-refractivity contribution in [1.82, 2.24) is 9.97 Å². The molecule has 1 aromatic heterocycles. The highest BCUT2D eigenvalue weighted by molar-refractivity contribution is 5.44. The maximum absolute atomic E-state index is 5.72. The summed E-state index contributed by atoms with van der Waals surface area (Å²) in [4.78, 5) is 8.45. The molecule has 17 heavy (non-hydrogen) atoms. The topological polar surface area (TPSA) is 63.8 Å². The fourth-order valence-corrected chi connectivity index (χ4v) is 2.67. The highest BCUT2D eigenvalue weighted by Crippen LogP contribution is 2.49. The van der Waals surface area contributed by atoms with Crippen LogP contribution in [0.15, 0.2) is 6.07 Å². The quantitative estimate of drug-likeness (QED) is 0.817. The van der Waals surface area contributed by atoms with Gasteiger partial charge in [-0.05, 0) is 50.4 Å². The fraction of sp³-hybridized carbons (Fsp3) is 0.692. The zero-order valence-electron chi connectivity index (χ0n) is 10.3. The summed E-state index contributed by atoms with van der Waals surface area (Å²) in [5, 5.41) is 3.44. The van der Waals surface area contributed by atoms with Crippen molar-refractivity contribution in [3.8, 4) is 0 Å². The number of aromatic nitrogens is 2. The second-order valence-electron chi connectivity index (χ2n) is 5.44. The van der Waals surface area contributed by atoms with Gasteiger partial charge in [0.05, 0.1) is 0 Å². The van der Waals surface area contributed by atoms with Gasteiger partial charge in [-0.1, -0.05) is 0 Å². The van der Waals surface area contributed by atoms with Crippen molar-refractivity contribution in [2.75, 3.05) is 17.6 Å². The van der Waals surface area contributed by atoms with E-state index in [2.05, 4.69) is 15.3 Å². The van der Waals surface area contributed by atoms with Crippen LogP contribution in [-0.4, -0.2) is 16.5 Å². The Labute approximate surface area is 102 Å². The molecule has 2 saturated carbocycles. The minimum atomic E-state index is 0.550. The van der Waals surface area contributed by atoms with E-state index in [1.807, 2.05) is 13.0 Å². The molecule has 0 amide bonds. The predicted octanol–water partition coefficient (Wildman–Crippen LogP) is 2.22. The highest BCUT2D eigenvalue weighted by atomic mass is 15.0. The highest BCUT2D eigenvalue weighted by Gasteiger charge is 2.41. The second-order valence-corrected chi connectivity index (χ2v) is 5.44. The Kier molecular flexibility index (Phi) is 2.65. The van der Waals surface area contributed by atoms with E-state index in [0.29, 0.717) is 5.82 Å². The molecular formula is C13H20N4. The van der Waals surface area contributed by atoms with Gasteiger partial charge in [0.1, 0.15) is 17.5 Å². The van der Waals surface area contributed by atoms with Crippen LogP contribution in [-0.2, 0) is 0 Å². The molecular weight excluding hydrogens is 212 g/mol. The van der Waals surface area contributed by atoms with Crippen LogP contribution in [0.1, 0.15) is 31.5 Å². The molecule has 0 saturated heterocycles. The van der Waals surface area contributed by atoms with E-state index >= 15 is 0 Å². The summed E-state index contributed by atoms with van der Waals surface area (Å²) in [6.45, 7) is 2.92. The number of hydrogen-bond acceptors (Lipinski definition) is 4. The van der Waals surface area contributed by atoms with E-state index in [-0.39, 0.29) is 0 Å². The van der Waals surface area contributed by atoms with Gasteiger partial charge in [-0.3, -0.25) is 0 Å². The Bertz CT molecular complexity index is 378. The summed E-state index contributed by atoms with van der Waals surface area (Å²) in [5.74, 6) is 4.95. The second kappa shape index (κ2) is 4.17. The SMILES string of the molecule is Cc1nc(N)cc(NCC(C2CC2)C2CC2)n1. The van der Waals surface area contributed by atoms with Gasteiger partial charge in [0.2, 0.25) is 0 Å². The van der Waals surface area contributed by atoms with Gasteiger partial charge in [-0.2, -0.15) is 0 Å². The lowest BCUT2D eigenvalue weighted by Gasteiger charge is -2.16. The van der Waals surface area contributed by atoms with Gasteiger partial charge in [-0.15, -0.1) is 0 Å². The van der Waals surface area contributed by atoms with Crippen LogP contribution in [0.5, 0.6) is 0 Å². The Hall–Kier alpha value is -1.32. The van der Waals surface area contributed by atoms with Gasteiger partial charge in [0.15, 0.2) is 0 Å². The molecule has 2 fully saturated rings. The third-order valence-corrected chi connectivity index (χ3v) is 3.83. The summed E-state index contributed by atoms with van der Waals surface area (Å²) >= 11 is 0. The fourth-order valence-electron chi connectivity index (χ4n) is 2.67. The molecule has 0 aliphatic heterocycles. The summed E-state index contributed by atoms with van der Waals surface area (Å²) in [6.07, 6.45) is 5.70. The van der Waals surface area contributed by atoms with Gasteiger partial charge in [0.25, 0.3) is 0 Å². The molecule has 0 aromatic carbocycles. The number of nitrogens with one attached hydrogen (secondary N) is 1. The molecule has 2 aliphatic carbocycles. The average molecular weight is 232 g/mol. The van der Waals surface area contributed by atoms with Crippen molar-refractivity contribution in [3.63, 3.8) is 0 Å². The Morgan fingerprint density at radius 3 is 2.47 bits per heavy atom. The molecule has 0 spiro atoms. The number of nitrogen functional groups attached to an aromatic ring is 1. The number of anilines is 2. The summed E-state index contributed by atoms with van der Waals surface area (Å²) in [6, 6.07) is 1.82. The third-order valence-electron chi connectivity index (χ3n) is 3.83. The third kappa shape index (κ3) is 2.68. The van der Waals surface area contributed by atoms with Crippen molar-refractivity contribution >= 4 is 11.6 Å². The van der Waals surface area contributed by atoms with Crippen LogP contribution in [0.25, 0.3) is 0 Å². The monoisotopic (exact) mass is 232 g/mol. The van der Waals surface area contributed by atoms with E-state index in [0.717, 1.165) is 35.9 Å². The van der Waals surface area contributed by atoms with Crippen LogP contribution >= 0.6 is 0 Å². The number of hydrogen-bond donors (Lipinski definition) is 2. The molecule has 0 radical (unpaired) electrons. The van der Waals surface area contributed by atoms with E-state index in [1.165, 1.54) is 25.7 Å².